The van der Waals surface area contributed by atoms with E-state index in [1.807, 2.05) is 32.0 Å². The van der Waals surface area contributed by atoms with Crippen LogP contribution in [0.3, 0.4) is 0 Å². The molecule has 0 bridgehead atoms. The second-order valence-electron chi connectivity index (χ2n) is 7.05. The summed E-state index contributed by atoms with van der Waals surface area (Å²) in [6.07, 6.45) is 0.511. The minimum Gasteiger partial charge on any atom is -0.507 e. The fourth-order valence-electron chi connectivity index (χ4n) is 3.19. The quantitative estimate of drug-likeness (QED) is 0.510. The lowest BCUT2D eigenvalue weighted by Crippen LogP contribution is -2.12. The number of carbonyl (C=O) groups excluding carboxylic acids is 1. The number of anilines is 1. The molecule has 6 heteroatoms. The van der Waals surface area contributed by atoms with Crippen molar-refractivity contribution in [2.75, 3.05) is 5.32 Å². The van der Waals surface area contributed by atoms with Gasteiger partial charge in [0, 0.05) is 12.1 Å². The second-order valence-corrected chi connectivity index (χ2v) is 7.05. The minimum atomic E-state index is -0.837. The van der Waals surface area contributed by atoms with E-state index in [9.17, 15) is 14.7 Å². The van der Waals surface area contributed by atoms with Crippen molar-refractivity contribution in [2.45, 2.75) is 26.7 Å². The second kappa shape index (κ2) is 9.13. The zero-order chi connectivity index (χ0) is 21.7. The molecule has 0 fully saturated rings. The number of amides is 1. The molecule has 0 radical (unpaired) electrons. The van der Waals surface area contributed by atoms with Crippen LogP contribution in [0.15, 0.2) is 60.7 Å². The molecule has 0 saturated heterocycles. The monoisotopic (exact) mass is 405 g/mol. The lowest BCUT2D eigenvalue weighted by Gasteiger charge is -2.15. The molecule has 0 unspecified atom stereocenters. The Balaban J connectivity index is 1.81. The third kappa shape index (κ3) is 5.17. The molecule has 0 aromatic heterocycles. The van der Waals surface area contributed by atoms with E-state index in [1.54, 1.807) is 30.3 Å². The summed E-state index contributed by atoms with van der Waals surface area (Å²) in [7, 11) is 0. The van der Waals surface area contributed by atoms with Gasteiger partial charge in [0.05, 0.1) is 5.56 Å². The molecule has 3 aromatic rings. The lowest BCUT2D eigenvalue weighted by atomic mass is 10.0. The van der Waals surface area contributed by atoms with Crippen LogP contribution in [0.2, 0.25) is 0 Å². The highest BCUT2D eigenvalue weighted by Gasteiger charge is 2.15. The summed E-state index contributed by atoms with van der Waals surface area (Å²) < 4.78 is 6.01. The van der Waals surface area contributed by atoms with Gasteiger partial charge in [-0.2, -0.15) is 0 Å². The van der Waals surface area contributed by atoms with E-state index in [1.165, 1.54) is 12.1 Å². The van der Waals surface area contributed by atoms with Gasteiger partial charge in [-0.05, 0) is 67.3 Å². The van der Waals surface area contributed by atoms with E-state index in [4.69, 9.17) is 9.84 Å². The summed E-state index contributed by atoms with van der Waals surface area (Å²) in [5.74, 6) is -0.379. The van der Waals surface area contributed by atoms with Crippen molar-refractivity contribution in [2.24, 2.45) is 0 Å². The smallest absolute Gasteiger partial charge is 0.303 e. The molecule has 0 aliphatic rings. The number of carboxylic acid groups (broad SMARTS) is 1. The zero-order valence-electron chi connectivity index (χ0n) is 16.8. The van der Waals surface area contributed by atoms with Crippen LogP contribution in [-0.2, 0) is 11.2 Å². The predicted octanol–water partition coefficient (Wildman–Crippen LogP) is 5.07. The van der Waals surface area contributed by atoms with Crippen molar-refractivity contribution in [1.82, 2.24) is 0 Å². The van der Waals surface area contributed by atoms with Crippen LogP contribution >= 0.6 is 0 Å². The molecule has 0 atom stereocenters. The first-order valence-electron chi connectivity index (χ1n) is 9.52. The number of phenolic OH excluding ortho intramolecular Hbond substituents is 1. The molecule has 0 saturated carbocycles. The van der Waals surface area contributed by atoms with Gasteiger partial charge in [-0.15, -0.1) is 0 Å². The number of phenols is 1. The van der Waals surface area contributed by atoms with E-state index in [-0.39, 0.29) is 17.7 Å². The number of rotatable bonds is 7. The van der Waals surface area contributed by atoms with Crippen molar-refractivity contribution in [1.29, 1.82) is 0 Å². The molecule has 0 spiro atoms. The Morgan fingerprint density at radius 2 is 1.63 bits per heavy atom. The topological polar surface area (TPSA) is 95.9 Å². The molecule has 1 amide bonds. The van der Waals surface area contributed by atoms with Gasteiger partial charge in [0.2, 0.25) is 0 Å². The molecular weight excluding hydrogens is 382 g/mol. The molecule has 154 valence electrons. The highest BCUT2D eigenvalue weighted by Crippen LogP contribution is 2.32. The molecular formula is C24H23NO5. The van der Waals surface area contributed by atoms with E-state index < -0.39 is 11.9 Å². The fraction of sp³-hybridized carbons (Fsp3) is 0.167. The predicted molar refractivity (Wildman–Crippen MR) is 114 cm³/mol. The number of hydrogen-bond acceptors (Lipinski definition) is 4. The summed E-state index contributed by atoms with van der Waals surface area (Å²) in [6, 6.07) is 17.3. The summed E-state index contributed by atoms with van der Waals surface area (Å²) in [6.45, 7) is 3.77. The number of carboxylic acids is 1. The Labute approximate surface area is 174 Å². The summed E-state index contributed by atoms with van der Waals surface area (Å²) in [5, 5.41) is 21.7. The molecule has 0 aliphatic heterocycles. The van der Waals surface area contributed by atoms with Gasteiger partial charge in [-0.25, -0.2) is 0 Å². The van der Waals surface area contributed by atoms with Crippen LogP contribution in [0.1, 0.15) is 33.5 Å². The van der Waals surface area contributed by atoms with Gasteiger partial charge in [-0.1, -0.05) is 30.3 Å². The van der Waals surface area contributed by atoms with Crippen LogP contribution in [0.5, 0.6) is 17.2 Å². The number of carbonyl (C=O) groups is 2. The summed E-state index contributed by atoms with van der Waals surface area (Å²) in [5.41, 5.74) is 3.37. The number of benzene rings is 3. The van der Waals surface area contributed by atoms with E-state index in [2.05, 4.69) is 5.32 Å². The van der Waals surface area contributed by atoms with Gasteiger partial charge >= 0.3 is 5.97 Å². The number of hydrogen-bond donors (Lipinski definition) is 3. The van der Waals surface area contributed by atoms with Gasteiger partial charge in [0.15, 0.2) is 0 Å². The van der Waals surface area contributed by atoms with Gasteiger partial charge in [-0.3, -0.25) is 9.59 Å². The molecule has 3 N–H and O–H groups in total. The highest BCUT2D eigenvalue weighted by molar-refractivity contribution is 6.06. The molecule has 0 aliphatic carbocycles. The molecule has 3 aromatic carbocycles. The largest absolute Gasteiger partial charge is 0.507 e. The Bertz CT molecular complexity index is 1050. The maximum absolute atomic E-state index is 12.6. The number of ether oxygens (including phenoxy) is 1. The Morgan fingerprint density at radius 3 is 2.27 bits per heavy atom. The lowest BCUT2D eigenvalue weighted by molar-refractivity contribution is -0.136. The summed E-state index contributed by atoms with van der Waals surface area (Å²) in [4.78, 5) is 23.4. The minimum absolute atomic E-state index is 0.0664. The molecule has 3 rings (SSSR count). The van der Waals surface area contributed by atoms with Gasteiger partial charge in [0.25, 0.3) is 5.91 Å². The first kappa shape index (κ1) is 20.9. The summed E-state index contributed by atoms with van der Waals surface area (Å²) >= 11 is 0. The van der Waals surface area contributed by atoms with Crippen LogP contribution in [0, 0.1) is 13.8 Å². The van der Waals surface area contributed by atoms with Crippen LogP contribution in [-0.4, -0.2) is 22.1 Å². The maximum atomic E-state index is 12.6. The van der Waals surface area contributed by atoms with Crippen LogP contribution in [0.25, 0.3) is 0 Å². The number of nitrogens with one attached hydrogen (secondary N) is 1. The zero-order valence-corrected chi connectivity index (χ0v) is 16.8. The Kier molecular flexibility index (Phi) is 6.37. The van der Waals surface area contributed by atoms with Gasteiger partial charge in [0.1, 0.15) is 17.2 Å². The van der Waals surface area contributed by atoms with Crippen molar-refractivity contribution in [3.05, 3.63) is 82.9 Å². The Morgan fingerprint density at radius 1 is 0.967 bits per heavy atom. The third-order valence-electron chi connectivity index (χ3n) is 4.61. The van der Waals surface area contributed by atoms with Crippen molar-refractivity contribution >= 4 is 17.6 Å². The molecule has 6 nitrogen and oxygen atoms in total. The van der Waals surface area contributed by atoms with Crippen LogP contribution in [0.4, 0.5) is 5.69 Å². The average molecular weight is 405 g/mol. The Hall–Kier alpha value is -3.80. The number of aromatic hydroxyl groups is 1. The van der Waals surface area contributed by atoms with Crippen LogP contribution < -0.4 is 10.1 Å². The fourth-order valence-corrected chi connectivity index (χ4v) is 3.19. The van der Waals surface area contributed by atoms with Crippen molar-refractivity contribution < 1.29 is 24.5 Å². The van der Waals surface area contributed by atoms with E-state index in [0.717, 1.165) is 16.7 Å². The molecule has 0 heterocycles. The maximum Gasteiger partial charge on any atom is 0.303 e. The third-order valence-corrected chi connectivity index (χ3v) is 4.61. The van der Waals surface area contributed by atoms with Crippen molar-refractivity contribution in [3.63, 3.8) is 0 Å². The first-order valence-corrected chi connectivity index (χ1v) is 9.52. The molecule has 30 heavy (non-hydrogen) atoms. The van der Waals surface area contributed by atoms with Crippen molar-refractivity contribution in [3.8, 4) is 17.2 Å². The first-order chi connectivity index (χ1) is 14.3. The number of aryl methyl sites for hydroxylation is 3. The average Bonchev–Trinajstić information content (AvgIpc) is 2.71. The SMILES string of the molecule is Cc1cc(CCC(=O)O)cc(C)c1Oc1ccc(O)c(C(=O)Nc2ccccc2)c1. The van der Waals surface area contributed by atoms with Gasteiger partial charge < -0.3 is 20.3 Å². The highest BCUT2D eigenvalue weighted by atomic mass is 16.5. The standard InChI is InChI=1S/C24H23NO5/c1-15-12-17(8-11-22(27)28)13-16(2)23(15)30-19-9-10-21(26)20(14-19)24(29)25-18-6-4-3-5-7-18/h3-7,9-10,12-14,26H,8,11H2,1-2H3,(H,25,29)(H,27,28). The van der Waals surface area contributed by atoms with E-state index >= 15 is 0 Å². The number of aliphatic carboxylic acids is 1. The number of para-hydroxylation sites is 1. The van der Waals surface area contributed by atoms with E-state index in [0.29, 0.717) is 23.6 Å². The normalized spacial score (nSPS) is 10.5.